The summed E-state index contributed by atoms with van der Waals surface area (Å²) in [6.45, 7) is 4.25. The van der Waals surface area contributed by atoms with Gasteiger partial charge in [0.05, 0.1) is 18.5 Å². The summed E-state index contributed by atoms with van der Waals surface area (Å²) < 4.78 is 20.4. The first kappa shape index (κ1) is 24.9. The predicted molar refractivity (Wildman–Crippen MR) is 145 cm³/mol. The Kier molecular flexibility index (Phi) is 7.48. The fourth-order valence-electron chi connectivity index (χ4n) is 4.74. The molecule has 1 fully saturated rings. The molecule has 3 aromatic carbocycles. The molecule has 1 aliphatic rings. The minimum absolute atomic E-state index is 0.329. The van der Waals surface area contributed by atoms with Crippen LogP contribution in [0.4, 0.5) is 10.1 Å². The Labute approximate surface area is 219 Å². The van der Waals surface area contributed by atoms with E-state index in [9.17, 15) is 14.0 Å². The summed E-state index contributed by atoms with van der Waals surface area (Å²) in [5.74, 6) is 0.128. The molecule has 0 aliphatic carbocycles. The Bertz CT molecular complexity index is 1430. The van der Waals surface area contributed by atoms with Crippen molar-refractivity contribution in [3.05, 3.63) is 105 Å². The zero-order valence-electron chi connectivity index (χ0n) is 20.6. The van der Waals surface area contributed by atoms with Crippen molar-refractivity contribution < 1.29 is 13.9 Å². The molecule has 1 aromatic heterocycles. The zero-order chi connectivity index (χ0) is 25.8. The standard InChI is InChI=1S/C29H28FN3O3S/c1-36-25-10-6-5-9-24(25)32-19-17-31(18-20-32)16-15-26-27(21-11-13-23(30)14-12-21)33(29(35)37-26)28(34)22-7-3-2-4-8-22/h2-14H,15-20H2,1H3. The number of aromatic nitrogens is 1. The van der Waals surface area contributed by atoms with Crippen LogP contribution in [0.1, 0.15) is 15.2 Å². The normalized spacial score (nSPS) is 14.1. The van der Waals surface area contributed by atoms with Crippen molar-refractivity contribution in [3.8, 4) is 17.0 Å². The molecule has 8 heteroatoms. The van der Waals surface area contributed by atoms with Gasteiger partial charge in [0, 0.05) is 48.7 Å². The van der Waals surface area contributed by atoms with Crippen LogP contribution in [0.5, 0.6) is 5.75 Å². The number of piperazine rings is 1. The van der Waals surface area contributed by atoms with E-state index in [2.05, 4.69) is 15.9 Å². The van der Waals surface area contributed by atoms with Crippen LogP contribution in [0.25, 0.3) is 11.3 Å². The average Bonchev–Trinajstić information content (AvgIpc) is 3.28. The molecule has 190 valence electrons. The van der Waals surface area contributed by atoms with Crippen LogP contribution in [-0.2, 0) is 6.42 Å². The van der Waals surface area contributed by atoms with E-state index in [1.807, 2.05) is 24.3 Å². The highest BCUT2D eigenvalue weighted by molar-refractivity contribution is 7.09. The first-order valence-corrected chi connectivity index (χ1v) is 13.1. The van der Waals surface area contributed by atoms with Crippen molar-refractivity contribution in [3.63, 3.8) is 0 Å². The third kappa shape index (κ3) is 5.35. The molecular weight excluding hydrogens is 489 g/mol. The lowest BCUT2D eigenvalue weighted by molar-refractivity contribution is 0.0959. The quantitative estimate of drug-likeness (QED) is 0.353. The lowest BCUT2D eigenvalue weighted by Crippen LogP contribution is -2.47. The van der Waals surface area contributed by atoms with E-state index in [0.717, 1.165) is 60.4 Å². The van der Waals surface area contributed by atoms with E-state index in [4.69, 9.17) is 4.74 Å². The maximum atomic E-state index is 13.7. The molecule has 0 radical (unpaired) electrons. The average molecular weight is 518 g/mol. The second-order valence-electron chi connectivity index (χ2n) is 8.90. The fourth-order valence-corrected chi connectivity index (χ4v) is 5.72. The summed E-state index contributed by atoms with van der Waals surface area (Å²) in [5, 5.41) is 0. The lowest BCUT2D eigenvalue weighted by Gasteiger charge is -2.36. The molecule has 2 heterocycles. The van der Waals surface area contributed by atoms with Gasteiger partial charge in [0.1, 0.15) is 11.6 Å². The molecule has 6 nitrogen and oxygen atoms in total. The van der Waals surface area contributed by atoms with Gasteiger partial charge in [-0.3, -0.25) is 14.5 Å². The summed E-state index contributed by atoms with van der Waals surface area (Å²) in [7, 11) is 1.69. The number of carbonyl (C=O) groups is 1. The highest BCUT2D eigenvalue weighted by Gasteiger charge is 2.24. The van der Waals surface area contributed by atoms with Crippen LogP contribution in [-0.4, -0.2) is 55.2 Å². The third-order valence-electron chi connectivity index (χ3n) is 6.68. The molecule has 1 aliphatic heterocycles. The van der Waals surface area contributed by atoms with Crippen molar-refractivity contribution in [2.24, 2.45) is 0 Å². The first-order valence-electron chi connectivity index (χ1n) is 12.3. The summed E-state index contributed by atoms with van der Waals surface area (Å²) in [6, 6.07) is 22.8. The monoisotopic (exact) mass is 517 g/mol. The number of nitrogens with zero attached hydrogens (tertiary/aromatic N) is 3. The molecule has 0 bridgehead atoms. The molecule has 5 rings (SSSR count). The molecule has 0 saturated carbocycles. The minimum atomic E-state index is -0.377. The molecule has 0 atom stereocenters. The van der Waals surface area contributed by atoms with Gasteiger partial charge in [-0.15, -0.1) is 0 Å². The number of ether oxygens (including phenoxy) is 1. The van der Waals surface area contributed by atoms with E-state index in [0.29, 0.717) is 23.2 Å². The van der Waals surface area contributed by atoms with Gasteiger partial charge in [-0.05, 0) is 55.0 Å². The Hall–Kier alpha value is -3.75. The molecule has 0 amide bonds. The first-order chi connectivity index (χ1) is 18.0. The summed E-state index contributed by atoms with van der Waals surface area (Å²) in [4.78, 5) is 31.6. The zero-order valence-corrected chi connectivity index (χ0v) is 21.4. The number of hydrogen-bond donors (Lipinski definition) is 0. The number of rotatable bonds is 7. The summed E-state index contributed by atoms with van der Waals surface area (Å²) in [5.41, 5.74) is 2.74. The van der Waals surface area contributed by atoms with Crippen molar-refractivity contribution in [2.75, 3.05) is 44.7 Å². The summed E-state index contributed by atoms with van der Waals surface area (Å²) in [6.07, 6.45) is 0.621. The molecule has 1 saturated heterocycles. The number of benzene rings is 3. The molecule has 37 heavy (non-hydrogen) atoms. The second-order valence-corrected chi connectivity index (χ2v) is 9.95. The number of carbonyl (C=O) groups excluding carboxylic acids is 1. The van der Waals surface area contributed by atoms with Crippen LogP contribution in [0.3, 0.4) is 0 Å². The largest absolute Gasteiger partial charge is 0.495 e. The number of para-hydroxylation sites is 2. The molecule has 0 unspecified atom stereocenters. The van der Waals surface area contributed by atoms with Gasteiger partial charge in [0.2, 0.25) is 0 Å². The SMILES string of the molecule is COc1ccccc1N1CCN(CCc2sc(=O)n(C(=O)c3ccccc3)c2-c2ccc(F)cc2)CC1. The predicted octanol–water partition coefficient (Wildman–Crippen LogP) is 4.78. The van der Waals surface area contributed by atoms with E-state index in [-0.39, 0.29) is 16.6 Å². The number of methoxy groups -OCH3 is 1. The number of hydrogen-bond acceptors (Lipinski definition) is 6. The van der Waals surface area contributed by atoms with Crippen LogP contribution in [0, 0.1) is 5.82 Å². The van der Waals surface area contributed by atoms with E-state index in [1.165, 1.54) is 16.7 Å². The lowest BCUT2D eigenvalue weighted by atomic mass is 10.1. The van der Waals surface area contributed by atoms with Crippen molar-refractivity contribution in [1.82, 2.24) is 9.47 Å². The van der Waals surface area contributed by atoms with Gasteiger partial charge in [-0.1, -0.05) is 41.7 Å². The Morgan fingerprint density at radius 3 is 2.30 bits per heavy atom. The van der Waals surface area contributed by atoms with E-state index in [1.54, 1.807) is 43.5 Å². The molecule has 0 N–H and O–H groups in total. The van der Waals surface area contributed by atoms with E-state index < -0.39 is 0 Å². The third-order valence-corrected chi connectivity index (χ3v) is 7.68. The number of halogens is 1. The fraction of sp³-hybridized carbons (Fsp3) is 0.241. The topological polar surface area (TPSA) is 54.8 Å². The maximum absolute atomic E-state index is 13.7. The molecule has 4 aromatic rings. The second kappa shape index (κ2) is 11.1. The van der Waals surface area contributed by atoms with Crippen molar-refractivity contribution in [1.29, 1.82) is 0 Å². The highest BCUT2D eigenvalue weighted by Crippen LogP contribution is 2.30. The van der Waals surface area contributed by atoms with Gasteiger partial charge < -0.3 is 9.64 Å². The van der Waals surface area contributed by atoms with E-state index >= 15 is 0 Å². The van der Waals surface area contributed by atoms with Gasteiger partial charge >= 0.3 is 4.87 Å². The molecule has 0 spiro atoms. The smallest absolute Gasteiger partial charge is 0.314 e. The highest BCUT2D eigenvalue weighted by atomic mass is 32.1. The van der Waals surface area contributed by atoms with Gasteiger partial charge in [0.25, 0.3) is 5.91 Å². The summed E-state index contributed by atoms with van der Waals surface area (Å²) >= 11 is 1.09. The van der Waals surface area contributed by atoms with Crippen LogP contribution < -0.4 is 14.5 Å². The number of thiazole rings is 1. The van der Waals surface area contributed by atoms with Crippen LogP contribution in [0.2, 0.25) is 0 Å². The van der Waals surface area contributed by atoms with Crippen molar-refractivity contribution >= 4 is 22.9 Å². The Balaban J connectivity index is 1.36. The Morgan fingerprint density at radius 2 is 1.59 bits per heavy atom. The van der Waals surface area contributed by atoms with Crippen LogP contribution >= 0.6 is 11.3 Å². The maximum Gasteiger partial charge on any atom is 0.314 e. The van der Waals surface area contributed by atoms with Gasteiger partial charge in [0.15, 0.2) is 0 Å². The number of anilines is 1. The van der Waals surface area contributed by atoms with Crippen molar-refractivity contribution in [2.45, 2.75) is 6.42 Å². The van der Waals surface area contributed by atoms with Crippen LogP contribution in [0.15, 0.2) is 83.7 Å². The minimum Gasteiger partial charge on any atom is -0.495 e. The van der Waals surface area contributed by atoms with Gasteiger partial charge in [-0.25, -0.2) is 8.96 Å². The Morgan fingerprint density at radius 1 is 0.919 bits per heavy atom. The van der Waals surface area contributed by atoms with Gasteiger partial charge in [-0.2, -0.15) is 0 Å². The molecular formula is C29H28FN3O3S.